The monoisotopic (exact) mass is 238 g/mol. The Balaban J connectivity index is 2.20. The van der Waals surface area contributed by atoms with Gasteiger partial charge >= 0.3 is 0 Å². The summed E-state index contributed by atoms with van der Waals surface area (Å²) in [5, 5.41) is 2.26. The molecule has 3 aromatic rings. The lowest BCUT2D eigenvalue weighted by atomic mass is 10.0. The Hall–Kier alpha value is -2.06. The number of fused-ring (bicyclic) bond motifs is 1. The van der Waals surface area contributed by atoms with Crippen molar-refractivity contribution in [3.05, 3.63) is 60.4 Å². The van der Waals surface area contributed by atoms with Crippen LogP contribution < -0.4 is 0 Å². The normalized spacial score (nSPS) is 10.9. The van der Waals surface area contributed by atoms with Crippen LogP contribution in [0, 0.1) is 0 Å². The van der Waals surface area contributed by atoms with Gasteiger partial charge in [-0.25, -0.2) is 0 Å². The molecule has 2 aromatic carbocycles. The zero-order valence-electron chi connectivity index (χ0n) is 10.2. The van der Waals surface area contributed by atoms with Gasteiger partial charge < -0.3 is 9.15 Å². The quantitative estimate of drug-likeness (QED) is 0.680. The molecule has 0 amide bonds. The number of benzene rings is 2. The number of hydrogen-bond donors (Lipinski definition) is 0. The Morgan fingerprint density at radius 2 is 1.78 bits per heavy atom. The van der Waals surface area contributed by atoms with Crippen LogP contribution in [-0.4, -0.2) is 7.11 Å². The topological polar surface area (TPSA) is 22.4 Å². The van der Waals surface area contributed by atoms with E-state index < -0.39 is 0 Å². The Morgan fingerprint density at radius 3 is 2.67 bits per heavy atom. The third kappa shape index (κ3) is 1.81. The van der Waals surface area contributed by atoms with E-state index in [0.717, 1.165) is 27.7 Å². The van der Waals surface area contributed by atoms with Gasteiger partial charge in [0.25, 0.3) is 0 Å². The van der Waals surface area contributed by atoms with Gasteiger partial charge in [0.1, 0.15) is 5.76 Å². The van der Waals surface area contributed by atoms with E-state index in [1.807, 2.05) is 24.3 Å². The van der Waals surface area contributed by atoms with E-state index in [9.17, 15) is 0 Å². The average Bonchev–Trinajstić information content (AvgIpc) is 2.84. The van der Waals surface area contributed by atoms with E-state index in [1.165, 1.54) is 0 Å². The Morgan fingerprint density at radius 1 is 1.00 bits per heavy atom. The summed E-state index contributed by atoms with van der Waals surface area (Å²) >= 11 is 0. The lowest BCUT2D eigenvalue weighted by molar-refractivity contribution is 0.185. The van der Waals surface area contributed by atoms with Crippen molar-refractivity contribution in [1.29, 1.82) is 0 Å². The van der Waals surface area contributed by atoms with Crippen LogP contribution in [0.4, 0.5) is 0 Å². The minimum absolute atomic E-state index is 0.588. The van der Waals surface area contributed by atoms with Gasteiger partial charge in [-0.3, -0.25) is 0 Å². The molecule has 1 aromatic heterocycles. The fourth-order valence-corrected chi connectivity index (χ4v) is 2.22. The maximum Gasteiger partial charge on any atom is 0.142 e. The van der Waals surface area contributed by atoms with Crippen LogP contribution in [0.2, 0.25) is 0 Å². The minimum atomic E-state index is 0.588. The minimum Gasteiger partial charge on any atom is -0.463 e. The Labute approximate surface area is 106 Å². The SMILES string of the molecule is COCc1ccccc1-c1occ2ccccc12. The molecule has 0 spiro atoms. The van der Waals surface area contributed by atoms with Gasteiger partial charge in [-0.2, -0.15) is 0 Å². The standard InChI is InChI=1S/C16H14O2/c1-17-10-12-6-2-4-8-14(12)16-15-9-5-3-7-13(15)11-18-16/h2-9,11H,10H2,1H3. The van der Waals surface area contributed by atoms with Crippen molar-refractivity contribution in [2.24, 2.45) is 0 Å². The predicted octanol–water partition coefficient (Wildman–Crippen LogP) is 4.25. The van der Waals surface area contributed by atoms with Crippen LogP contribution in [-0.2, 0) is 11.3 Å². The third-order valence-corrected chi connectivity index (χ3v) is 3.07. The van der Waals surface area contributed by atoms with E-state index in [4.69, 9.17) is 9.15 Å². The van der Waals surface area contributed by atoms with Crippen LogP contribution >= 0.6 is 0 Å². The van der Waals surface area contributed by atoms with E-state index >= 15 is 0 Å². The van der Waals surface area contributed by atoms with Crippen LogP contribution in [0.15, 0.2) is 59.2 Å². The van der Waals surface area contributed by atoms with E-state index in [-0.39, 0.29) is 0 Å². The molecular weight excluding hydrogens is 224 g/mol. The smallest absolute Gasteiger partial charge is 0.142 e. The lowest BCUT2D eigenvalue weighted by Gasteiger charge is -2.06. The summed E-state index contributed by atoms with van der Waals surface area (Å²) in [5.41, 5.74) is 2.24. The molecule has 90 valence electrons. The van der Waals surface area contributed by atoms with Crippen LogP contribution in [0.25, 0.3) is 22.1 Å². The van der Waals surface area contributed by atoms with E-state index in [1.54, 1.807) is 13.4 Å². The first kappa shape index (κ1) is 11.1. The van der Waals surface area contributed by atoms with Crippen molar-refractivity contribution >= 4 is 10.8 Å². The molecular formula is C16H14O2. The van der Waals surface area contributed by atoms with Crippen LogP contribution in [0.1, 0.15) is 5.56 Å². The number of methoxy groups -OCH3 is 1. The highest BCUT2D eigenvalue weighted by Gasteiger charge is 2.11. The molecule has 0 bridgehead atoms. The zero-order valence-corrected chi connectivity index (χ0v) is 10.2. The van der Waals surface area contributed by atoms with Gasteiger partial charge in [-0.1, -0.05) is 48.5 Å². The molecule has 2 nitrogen and oxygen atoms in total. The molecule has 0 aliphatic rings. The highest BCUT2D eigenvalue weighted by atomic mass is 16.5. The van der Waals surface area contributed by atoms with Crippen molar-refractivity contribution in [2.45, 2.75) is 6.61 Å². The first-order valence-corrected chi connectivity index (χ1v) is 5.93. The summed E-state index contributed by atoms with van der Waals surface area (Å²) < 4.78 is 11.0. The molecule has 0 aliphatic carbocycles. The Kier molecular flexibility index (Phi) is 2.87. The summed E-state index contributed by atoms with van der Waals surface area (Å²) in [7, 11) is 1.71. The van der Waals surface area contributed by atoms with Gasteiger partial charge in [0.15, 0.2) is 0 Å². The van der Waals surface area contributed by atoms with E-state index in [0.29, 0.717) is 6.61 Å². The molecule has 0 N–H and O–H groups in total. The van der Waals surface area contributed by atoms with Crippen LogP contribution in [0.5, 0.6) is 0 Å². The first-order chi connectivity index (χ1) is 8.90. The molecule has 0 unspecified atom stereocenters. The molecule has 0 saturated heterocycles. The second-order valence-corrected chi connectivity index (χ2v) is 4.24. The fourth-order valence-electron chi connectivity index (χ4n) is 2.22. The summed E-state index contributed by atoms with van der Waals surface area (Å²) in [5.74, 6) is 0.915. The van der Waals surface area contributed by atoms with Crippen molar-refractivity contribution in [1.82, 2.24) is 0 Å². The maximum atomic E-state index is 5.73. The molecule has 0 radical (unpaired) electrons. The van der Waals surface area contributed by atoms with Gasteiger partial charge in [-0.15, -0.1) is 0 Å². The summed E-state index contributed by atoms with van der Waals surface area (Å²) in [6.45, 7) is 0.588. The molecule has 1 heterocycles. The largest absolute Gasteiger partial charge is 0.463 e. The second-order valence-electron chi connectivity index (χ2n) is 4.24. The van der Waals surface area contributed by atoms with Crippen LogP contribution in [0.3, 0.4) is 0 Å². The number of rotatable bonds is 3. The van der Waals surface area contributed by atoms with Crippen molar-refractivity contribution in [3.63, 3.8) is 0 Å². The first-order valence-electron chi connectivity index (χ1n) is 5.93. The number of hydrogen-bond acceptors (Lipinski definition) is 2. The van der Waals surface area contributed by atoms with Gasteiger partial charge in [0, 0.05) is 23.4 Å². The molecule has 3 rings (SSSR count). The highest BCUT2D eigenvalue weighted by Crippen LogP contribution is 2.32. The average molecular weight is 238 g/mol. The second kappa shape index (κ2) is 4.67. The number of ether oxygens (including phenoxy) is 1. The summed E-state index contributed by atoms with van der Waals surface area (Å²) in [6, 6.07) is 16.4. The molecule has 0 fully saturated rings. The highest BCUT2D eigenvalue weighted by molar-refractivity contribution is 5.94. The Bertz CT molecular complexity index is 667. The molecule has 0 saturated carbocycles. The van der Waals surface area contributed by atoms with Crippen molar-refractivity contribution in [3.8, 4) is 11.3 Å². The van der Waals surface area contributed by atoms with Gasteiger partial charge in [0.2, 0.25) is 0 Å². The third-order valence-electron chi connectivity index (χ3n) is 3.07. The van der Waals surface area contributed by atoms with Gasteiger partial charge in [0.05, 0.1) is 12.9 Å². The number of furan rings is 1. The van der Waals surface area contributed by atoms with E-state index in [2.05, 4.69) is 24.3 Å². The molecule has 0 atom stereocenters. The van der Waals surface area contributed by atoms with Crippen molar-refractivity contribution in [2.75, 3.05) is 7.11 Å². The molecule has 0 aliphatic heterocycles. The molecule has 18 heavy (non-hydrogen) atoms. The zero-order chi connectivity index (χ0) is 12.4. The maximum absolute atomic E-state index is 5.73. The fraction of sp³-hybridized carbons (Fsp3) is 0.125. The van der Waals surface area contributed by atoms with Crippen molar-refractivity contribution < 1.29 is 9.15 Å². The molecule has 2 heteroatoms. The predicted molar refractivity (Wildman–Crippen MR) is 72.4 cm³/mol. The lowest BCUT2D eigenvalue weighted by Crippen LogP contribution is -1.90. The summed E-state index contributed by atoms with van der Waals surface area (Å²) in [6.07, 6.45) is 1.80. The van der Waals surface area contributed by atoms with Gasteiger partial charge in [-0.05, 0) is 5.56 Å². The summed E-state index contributed by atoms with van der Waals surface area (Å²) in [4.78, 5) is 0.